The molecule has 0 bridgehead atoms. The highest BCUT2D eigenvalue weighted by Crippen LogP contribution is 2.35. The molecule has 4 atom stereocenters. The fourth-order valence-corrected chi connectivity index (χ4v) is 5.78. The molecule has 2 aliphatic heterocycles. The molecule has 5 rings (SSSR count). The van der Waals surface area contributed by atoms with E-state index in [0.29, 0.717) is 60.5 Å². The number of carbonyl (C=O) groups is 2. The van der Waals surface area contributed by atoms with E-state index < -0.39 is 11.6 Å². The Bertz CT molecular complexity index is 1510. The molecule has 4 heterocycles. The number of ether oxygens (including phenoxy) is 3. The second kappa shape index (κ2) is 11.9. The number of nitrogens with zero attached hydrogens (tertiary/aromatic N) is 3. The van der Waals surface area contributed by atoms with E-state index in [1.165, 1.54) is 0 Å². The Morgan fingerprint density at radius 3 is 2.60 bits per heavy atom. The first-order chi connectivity index (χ1) is 19.9. The van der Waals surface area contributed by atoms with Crippen molar-refractivity contribution in [3.8, 4) is 0 Å². The summed E-state index contributed by atoms with van der Waals surface area (Å²) < 4.78 is 19.0. The number of benzene rings is 1. The quantitative estimate of drug-likeness (QED) is 0.400. The molecule has 11 heteroatoms. The highest BCUT2D eigenvalue weighted by atomic mass is 16.6. The van der Waals surface area contributed by atoms with Crippen molar-refractivity contribution in [1.82, 2.24) is 19.7 Å². The lowest BCUT2D eigenvalue weighted by atomic mass is 9.92. The van der Waals surface area contributed by atoms with Gasteiger partial charge in [0.05, 0.1) is 36.5 Å². The van der Waals surface area contributed by atoms with Gasteiger partial charge >= 0.3 is 5.97 Å². The second-order valence-corrected chi connectivity index (χ2v) is 12.3. The van der Waals surface area contributed by atoms with E-state index in [1.54, 1.807) is 6.20 Å². The first-order valence-electron chi connectivity index (χ1n) is 14.7. The summed E-state index contributed by atoms with van der Waals surface area (Å²) in [6.45, 7) is 13.5. The van der Waals surface area contributed by atoms with Crippen LogP contribution in [0.4, 0.5) is 11.5 Å². The number of hydrogen-bond donors (Lipinski definition) is 2. The van der Waals surface area contributed by atoms with Gasteiger partial charge in [-0.1, -0.05) is 13.8 Å². The van der Waals surface area contributed by atoms with Crippen LogP contribution in [0.1, 0.15) is 63.4 Å². The van der Waals surface area contributed by atoms with Crippen LogP contribution < -0.4 is 10.9 Å². The molecule has 2 unspecified atom stereocenters. The van der Waals surface area contributed by atoms with Crippen molar-refractivity contribution in [2.24, 2.45) is 5.92 Å². The van der Waals surface area contributed by atoms with Gasteiger partial charge in [0.15, 0.2) is 11.9 Å². The monoisotopic (exact) mass is 579 g/mol. The van der Waals surface area contributed by atoms with Crippen molar-refractivity contribution in [3.63, 3.8) is 0 Å². The number of aromatic nitrogens is 3. The van der Waals surface area contributed by atoms with E-state index in [2.05, 4.69) is 10.3 Å². The average molecular weight is 580 g/mol. The van der Waals surface area contributed by atoms with Crippen LogP contribution in [0, 0.1) is 12.8 Å². The summed E-state index contributed by atoms with van der Waals surface area (Å²) in [6.07, 6.45) is 2.06. The molecule has 42 heavy (non-hydrogen) atoms. The molecule has 0 radical (unpaired) electrons. The van der Waals surface area contributed by atoms with Crippen LogP contribution in [0.3, 0.4) is 0 Å². The zero-order chi connectivity index (χ0) is 30.2. The van der Waals surface area contributed by atoms with Gasteiger partial charge in [-0.25, -0.2) is 4.79 Å². The smallest absolute Gasteiger partial charge is 0.335 e. The molecule has 226 valence electrons. The normalized spacial score (nSPS) is 24.6. The molecule has 2 fully saturated rings. The number of hydrogen-bond acceptors (Lipinski definition) is 8. The molecule has 0 saturated carbocycles. The maximum Gasteiger partial charge on any atom is 0.335 e. The molecule has 0 aliphatic carbocycles. The van der Waals surface area contributed by atoms with Crippen LogP contribution in [0.2, 0.25) is 0 Å². The number of morpholine rings is 1. The summed E-state index contributed by atoms with van der Waals surface area (Å²) in [5.74, 6) is 0.287. The number of esters is 1. The molecule has 2 N–H and O–H groups in total. The number of pyridine rings is 1. The van der Waals surface area contributed by atoms with Gasteiger partial charge in [0.25, 0.3) is 11.5 Å². The van der Waals surface area contributed by atoms with Gasteiger partial charge in [0.1, 0.15) is 5.39 Å². The first-order valence-corrected chi connectivity index (χ1v) is 14.7. The molecule has 11 nitrogen and oxygen atoms in total. The van der Waals surface area contributed by atoms with E-state index >= 15 is 0 Å². The molecule has 1 amide bonds. The molecule has 0 spiro atoms. The van der Waals surface area contributed by atoms with Crippen LogP contribution in [0.25, 0.3) is 10.9 Å². The number of nitrogens with one attached hydrogen (secondary N) is 2. The number of anilines is 2. The zero-order valence-electron chi connectivity index (χ0n) is 25.2. The third-order valence-corrected chi connectivity index (χ3v) is 7.90. The largest absolute Gasteiger partial charge is 0.463 e. The van der Waals surface area contributed by atoms with Crippen molar-refractivity contribution in [1.29, 1.82) is 0 Å². The SMILES string of the molecule is Cc1cc(Nc2nn([C@]3(C)CC[C@@H](C(=O)OCC(C)C)OC3)c3cc[nH]c(=O)c23)ccc1C(=O)N1CC(C)OC(C)C1. The van der Waals surface area contributed by atoms with Crippen molar-refractivity contribution in [2.75, 3.05) is 31.6 Å². The Morgan fingerprint density at radius 1 is 1.21 bits per heavy atom. The lowest BCUT2D eigenvalue weighted by molar-refractivity contribution is -0.165. The van der Waals surface area contributed by atoms with E-state index in [9.17, 15) is 14.4 Å². The van der Waals surface area contributed by atoms with Gasteiger partial charge in [0, 0.05) is 30.5 Å². The Kier molecular flexibility index (Phi) is 8.43. The molecular formula is C31H41N5O6. The summed E-state index contributed by atoms with van der Waals surface area (Å²) in [5.41, 5.74) is 1.96. The number of H-pyrrole nitrogens is 1. The highest BCUT2D eigenvalue weighted by molar-refractivity contribution is 5.97. The predicted octanol–water partition coefficient (Wildman–Crippen LogP) is 4.12. The maximum absolute atomic E-state index is 13.3. The van der Waals surface area contributed by atoms with Crippen LogP contribution in [0.5, 0.6) is 0 Å². The Balaban J connectivity index is 1.37. The second-order valence-electron chi connectivity index (χ2n) is 12.3. The Labute approximate surface area is 245 Å². The summed E-state index contributed by atoms with van der Waals surface area (Å²) in [7, 11) is 0. The number of fused-ring (bicyclic) bond motifs is 1. The van der Waals surface area contributed by atoms with Crippen LogP contribution in [-0.2, 0) is 24.5 Å². The molecule has 2 saturated heterocycles. The summed E-state index contributed by atoms with van der Waals surface area (Å²) >= 11 is 0. The number of carbonyl (C=O) groups excluding carboxylic acids is 2. The number of aryl methyl sites for hydroxylation is 1. The fourth-order valence-electron chi connectivity index (χ4n) is 5.78. The highest BCUT2D eigenvalue weighted by Gasteiger charge is 2.39. The van der Waals surface area contributed by atoms with Crippen LogP contribution in [0.15, 0.2) is 35.3 Å². The maximum atomic E-state index is 13.3. The van der Waals surface area contributed by atoms with Crippen molar-refractivity contribution in [3.05, 3.63) is 51.9 Å². The standard InChI is InChI=1S/C31H41N5O6/c1-18(2)16-40-30(39)25-9-11-31(6,17-41-25)36-24-10-12-32-28(37)26(24)27(34-36)33-22-7-8-23(19(3)13-22)29(38)35-14-20(4)42-21(5)15-35/h7-8,10,12-13,18,20-21,25H,9,11,14-17H2,1-6H3,(H,32,37)(H,33,34)/t20?,21?,25-,31+/m0/s1. The van der Waals surface area contributed by atoms with E-state index in [-0.39, 0.29) is 42.2 Å². The average Bonchev–Trinajstić information content (AvgIpc) is 3.31. The Morgan fingerprint density at radius 2 is 1.95 bits per heavy atom. The molecule has 3 aromatic rings. The van der Waals surface area contributed by atoms with Gasteiger partial charge in [-0.15, -0.1) is 0 Å². The first kappa shape index (κ1) is 29.8. The van der Waals surface area contributed by atoms with Gasteiger partial charge < -0.3 is 29.4 Å². The fraction of sp³-hybridized carbons (Fsp3) is 0.548. The van der Waals surface area contributed by atoms with Gasteiger partial charge in [-0.2, -0.15) is 5.10 Å². The number of aromatic amines is 1. The van der Waals surface area contributed by atoms with Gasteiger partial charge in [0.2, 0.25) is 0 Å². The van der Waals surface area contributed by atoms with E-state index in [1.807, 2.05) is 75.4 Å². The molecular weight excluding hydrogens is 538 g/mol. The minimum atomic E-state index is -0.618. The summed E-state index contributed by atoms with van der Waals surface area (Å²) in [4.78, 5) is 43.4. The molecule has 1 aromatic carbocycles. The third-order valence-electron chi connectivity index (χ3n) is 7.90. The van der Waals surface area contributed by atoms with Gasteiger partial charge in [-0.3, -0.25) is 14.3 Å². The summed E-state index contributed by atoms with van der Waals surface area (Å²) in [5, 5.41) is 8.58. The number of rotatable bonds is 7. The minimum Gasteiger partial charge on any atom is -0.463 e. The minimum absolute atomic E-state index is 0.0126. The Hall–Kier alpha value is -3.70. The van der Waals surface area contributed by atoms with Crippen LogP contribution >= 0.6 is 0 Å². The van der Waals surface area contributed by atoms with E-state index in [0.717, 1.165) is 5.56 Å². The number of amides is 1. The van der Waals surface area contributed by atoms with Crippen molar-refractivity contribution >= 4 is 34.3 Å². The van der Waals surface area contributed by atoms with Crippen LogP contribution in [-0.4, -0.2) is 76.2 Å². The zero-order valence-corrected chi connectivity index (χ0v) is 25.2. The van der Waals surface area contributed by atoms with Crippen molar-refractivity contribution in [2.45, 2.75) is 78.2 Å². The third kappa shape index (κ3) is 6.07. The predicted molar refractivity (Wildman–Crippen MR) is 159 cm³/mol. The lowest BCUT2D eigenvalue weighted by Gasteiger charge is -2.37. The topological polar surface area (TPSA) is 128 Å². The van der Waals surface area contributed by atoms with Gasteiger partial charge in [-0.05, 0) is 76.3 Å². The van der Waals surface area contributed by atoms with Crippen molar-refractivity contribution < 1.29 is 23.8 Å². The lowest BCUT2D eigenvalue weighted by Crippen LogP contribution is -2.48. The molecule has 2 aromatic heterocycles. The van der Waals surface area contributed by atoms with E-state index in [4.69, 9.17) is 19.3 Å². The molecule has 2 aliphatic rings. The summed E-state index contributed by atoms with van der Waals surface area (Å²) in [6, 6.07) is 7.35.